The molecule has 6 aromatic rings. The zero-order valence-electron chi connectivity index (χ0n) is 29.2. The molecule has 1 aromatic heterocycles. The van der Waals surface area contributed by atoms with Gasteiger partial charge in [0.15, 0.2) is 5.54 Å². The standard InChI is InChI=1S/C43H42N6O2/c1-4-29-48-39(40(42(50)51-3)38(5-2)45-48)30-31-25-27-32(28-26-31)36-23-15-16-24-37(36)41-44-47-49(46-41)43(33-17-9-6-10-18-33,34-19-11-7-12-20-34)35-21-13-8-14-22-35/h6-28,39,45H,4-5,29-30H2,1-3H3. The van der Waals surface area contributed by atoms with Gasteiger partial charge in [0.25, 0.3) is 0 Å². The van der Waals surface area contributed by atoms with E-state index in [9.17, 15) is 4.79 Å². The summed E-state index contributed by atoms with van der Waals surface area (Å²) in [5.74, 6) is 0.263. The molecule has 1 N–H and O–H groups in total. The lowest BCUT2D eigenvalue weighted by molar-refractivity contribution is -0.136. The van der Waals surface area contributed by atoms with Crippen LogP contribution in [0.4, 0.5) is 0 Å². The highest BCUT2D eigenvalue weighted by atomic mass is 16.5. The maximum atomic E-state index is 12.9. The van der Waals surface area contributed by atoms with E-state index in [0.717, 1.165) is 69.6 Å². The third kappa shape index (κ3) is 6.35. The Balaban J connectivity index is 1.26. The fourth-order valence-electron chi connectivity index (χ4n) is 7.29. The Morgan fingerprint density at radius 2 is 1.29 bits per heavy atom. The fraction of sp³-hybridized carbons (Fsp3) is 0.209. The molecule has 8 nitrogen and oxygen atoms in total. The molecular formula is C43H42N6O2. The van der Waals surface area contributed by atoms with Gasteiger partial charge >= 0.3 is 5.97 Å². The van der Waals surface area contributed by atoms with Crippen LogP contribution in [0.1, 0.15) is 48.9 Å². The predicted molar refractivity (Wildman–Crippen MR) is 200 cm³/mol. The summed E-state index contributed by atoms with van der Waals surface area (Å²) in [6, 6.07) is 47.7. The maximum Gasteiger partial charge on any atom is 0.337 e. The molecule has 0 aliphatic carbocycles. The van der Waals surface area contributed by atoms with Gasteiger partial charge in [0, 0.05) is 17.8 Å². The Kier molecular flexibility index (Phi) is 9.85. The largest absolute Gasteiger partial charge is 0.466 e. The van der Waals surface area contributed by atoms with Crippen LogP contribution in [0.15, 0.2) is 151 Å². The number of allylic oxidation sites excluding steroid dienone is 1. The highest BCUT2D eigenvalue weighted by molar-refractivity contribution is 5.91. The number of ether oxygens (including phenoxy) is 1. The molecule has 8 heteroatoms. The second-order valence-electron chi connectivity index (χ2n) is 12.7. The Hall–Kier alpha value is -5.86. The lowest BCUT2D eigenvalue weighted by Gasteiger charge is -2.34. The molecule has 2 heterocycles. The monoisotopic (exact) mass is 674 g/mol. The predicted octanol–water partition coefficient (Wildman–Crippen LogP) is 7.83. The Morgan fingerprint density at radius 1 is 0.745 bits per heavy atom. The molecule has 0 amide bonds. The summed E-state index contributed by atoms with van der Waals surface area (Å²) >= 11 is 0. The van der Waals surface area contributed by atoms with Crippen molar-refractivity contribution < 1.29 is 9.53 Å². The van der Waals surface area contributed by atoms with Crippen LogP contribution in [0.3, 0.4) is 0 Å². The van der Waals surface area contributed by atoms with E-state index < -0.39 is 5.54 Å². The number of rotatable bonds is 12. The number of methoxy groups -OCH3 is 1. The van der Waals surface area contributed by atoms with E-state index in [4.69, 9.17) is 20.1 Å². The number of nitrogens with zero attached hydrogens (tertiary/aromatic N) is 5. The minimum Gasteiger partial charge on any atom is -0.466 e. The van der Waals surface area contributed by atoms with Crippen LogP contribution in [0.25, 0.3) is 22.5 Å². The number of nitrogens with one attached hydrogen (secondary N) is 1. The minimum absolute atomic E-state index is 0.108. The van der Waals surface area contributed by atoms with Gasteiger partial charge in [0.1, 0.15) is 0 Å². The first-order valence-corrected chi connectivity index (χ1v) is 17.6. The molecule has 1 unspecified atom stereocenters. The molecule has 1 aliphatic heterocycles. The summed E-state index contributed by atoms with van der Waals surface area (Å²) in [7, 11) is 1.45. The summed E-state index contributed by atoms with van der Waals surface area (Å²) in [5, 5.41) is 16.8. The van der Waals surface area contributed by atoms with Crippen LogP contribution in [0, 0.1) is 0 Å². The van der Waals surface area contributed by atoms with Crippen molar-refractivity contribution >= 4 is 5.97 Å². The van der Waals surface area contributed by atoms with Crippen LogP contribution in [-0.2, 0) is 21.5 Å². The van der Waals surface area contributed by atoms with Crippen LogP contribution in [0.5, 0.6) is 0 Å². The van der Waals surface area contributed by atoms with Gasteiger partial charge in [-0.1, -0.05) is 153 Å². The van der Waals surface area contributed by atoms with Crippen molar-refractivity contribution in [3.05, 3.63) is 173 Å². The van der Waals surface area contributed by atoms with Gasteiger partial charge in [-0.3, -0.25) is 0 Å². The molecule has 1 atom stereocenters. The normalized spacial score (nSPS) is 14.8. The molecule has 0 saturated carbocycles. The minimum atomic E-state index is -0.860. The van der Waals surface area contributed by atoms with E-state index in [1.807, 2.05) is 72.8 Å². The summed E-state index contributed by atoms with van der Waals surface area (Å²) in [4.78, 5) is 14.6. The zero-order chi connectivity index (χ0) is 35.2. The number of tetrazole rings is 1. The molecule has 0 radical (unpaired) electrons. The molecule has 0 spiro atoms. The second-order valence-corrected chi connectivity index (χ2v) is 12.7. The molecule has 5 aromatic carbocycles. The molecule has 1 aliphatic rings. The Morgan fingerprint density at radius 3 is 1.82 bits per heavy atom. The van der Waals surface area contributed by atoms with E-state index in [1.54, 1.807) is 4.80 Å². The van der Waals surface area contributed by atoms with Crippen LogP contribution >= 0.6 is 0 Å². The number of carbonyl (C=O) groups excluding carboxylic acids is 1. The van der Waals surface area contributed by atoms with Crippen LogP contribution < -0.4 is 5.43 Å². The van der Waals surface area contributed by atoms with Gasteiger partial charge in [-0.25, -0.2) is 9.80 Å². The number of aromatic nitrogens is 4. The third-order valence-corrected chi connectivity index (χ3v) is 9.69. The number of hydrazine groups is 1. The van der Waals surface area contributed by atoms with Crippen molar-refractivity contribution in [1.82, 2.24) is 30.6 Å². The average Bonchev–Trinajstić information content (AvgIpc) is 3.82. The number of carbonyl (C=O) groups is 1. The van der Waals surface area contributed by atoms with Gasteiger partial charge in [-0.05, 0) is 57.9 Å². The Bertz CT molecular complexity index is 2010. The molecule has 0 saturated heterocycles. The molecule has 256 valence electrons. The molecular weight excluding hydrogens is 633 g/mol. The van der Waals surface area contributed by atoms with E-state index in [2.05, 4.69) is 91.0 Å². The number of benzene rings is 5. The van der Waals surface area contributed by atoms with Crippen molar-refractivity contribution in [2.24, 2.45) is 0 Å². The molecule has 0 bridgehead atoms. The van der Waals surface area contributed by atoms with E-state index in [0.29, 0.717) is 12.2 Å². The smallest absolute Gasteiger partial charge is 0.337 e. The number of esters is 1. The first-order valence-electron chi connectivity index (χ1n) is 17.6. The average molecular weight is 675 g/mol. The topological polar surface area (TPSA) is 85.2 Å². The van der Waals surface area contributed by atoms with E-state index in [1.165, 1.54) is 7.11 Å². The lowest BCUT2D eigenvalue weighted by atomic mass is 9.77. The second kappa shape index (κ2) is 14.9. The van der Waals surface area contributed by atoms with Crippen molar-refractivity contribution in [3.8, 4) is 22.5 Å². The summed E-state index contributed by atoms with van der Waals surface area (Å²) in [6.45, 7) is 5.03. The molecule has 51 heavy (non-hydrogen) atoms. The SMILES string of the molecule is CCCN1NC(CC)=C(C(=O)OC)C1Cc1ccc(-c2ccccc2-c2nnn(C(c3ccccc3)(c3ccccc3)c3ccccc3)n2)cc1. The van der Waals surface area contributed by atoms with Crippen LogP contribution in [-0.4, -0.2) is 50.9 Å². The first-order chi connectivity index (χ1) is 25.1. The van der Waals surface area contributed by atoms with Gasteiger partial charge in [-0.15, -0.1) is 15.0 Å². The van der Waals surface area contributed by atoms with Gasteiger partial charge < -0.3 is 10.2 Å². The van der Waals surface area contributed by atoms with Gasteiger partial charge in [-0.2, -0.15) is 0 Å². The third-order valence-electron chi connectivity index (χ3n) is 9.69. The van der Waals surface area contributed by atoms with Crippen molar-refractivity contribution in [3.63, 3.8) is 0 Å². The summed E-state index contributed by atoms with van der Waals surface area (Å²) in [6.07, 6.45) is 2.38. The van der Waals surface area contributed by atoms with Gasteiger partial charge in [0.05, 0.1) is 18.7 Å². The zero-order valence-corrected chi connectivity index (χ0v) is 29.2. The molecule has 7 rings (SSSR count). The van der Waals surface area contributed by atoms with E-state index in [-0.39, 0.29) is 12.0 Å². The lowest BCUT2D eigenvalue weighted by Crippen LogP contribution is -2.41. The van der Waals surface area contributed by atoms with E-state index >= 15 is 0 Å². The molecule has 0 fully saturated rings. The quantitative estimate of drug-likeness (QED) is 0.105. The number of hydrogen-bond acceptors (Lipinski definition) is 7. The van der Waals surface area contributed by atoms with Crippen molar-refractivity contribution in [2.45, 2.75) is 44.7 Å². The first kappa shape index (κ1) is 33.6. The maximum absolute atomic E-state index is 12.9. The highest BCUT2D eigenvalue weighted by Gasteiger charge is 2.41. The van der Waals surface area contributed by atoms with Crippen molar-refractivity contribution in [1.29, 1.82) is 0 Å². The van der Waals surface area contributed by atoms with Gasteiger partial charge in [0.2, 0.25) is 5.82 Å². The number of hydrogen-bond donors (Lipinski definition) is 1. The fourth-order valence-corrected chi connectivity index (χ4v) is 7.29. The summed E-state index contributed by atoms with van der Waals surface area (Å²) < 4.78 is 5.21. The highest BCUT2D eigenvalue weighted by Crippen LogP contribution is 2.40. The summed E-state index contributed by atoms with van der Waals surface area (Å²) in [5.41, 5.74) is 11.4. The van der Waals surface area contributed by atoms with Crippen LogP contribution in [0.2, 0.25) is 0 Å². The Labute approximate surface area is 299 Å². The van der Waals surface area contributed by atoms with Crippen molar-refractivity contribution in [2.75, 3.05) is 13.7 Å².